The summed E-state index contributed by atoms with van der Waals surface area (Å²) in [5.41, 5.74) is 2.54. The maximum atomic E-state index is 13.4. The highest BCUT2D eigenvalue weighted by Gasteiger charge is 2.21. The number of aromatic nitrogens is 2. The first kappa shape index (κ1) is 21.3. The Bertz CT molecular complexity index is 1190. The number of aromatic amines is 1. The molecule has 1 aliphatic rings. The molecule has 10 nitrogen and oxygen atoms in total. The van der Waals surface area contributed by atoms with Crippen molar-refractivity contribution < 1.29 is 14.4 Å². The zero-order valence-electron chi connectivity index (χ0n) is 17.8. The second kappa shape index (κ2) is 9.06. The van der Waals surface area contributed by atoms with Crippen molar-refractivity contribution in [3.05, 3.63) is 74.6 Å². The van der Waals surface area contributed by atoms with Gasteiger partial charge in [-0.15, -0.1) is 0 Å². The summed E-state index contributed by atoms with van der Waals surface area (Å²) in [5.74, 6) is 0.700. The third-order valence-corrected chi connectivity index (χ3v) is 5.23. The predicted octanol–water partition coefficient (Wildman–Crippen LogP) is 2.81. The van der Waals surface area contributed by atoms with Crippen molar-refractivity contribution in [1.29, 1.82) is 0 Å². The van der Waals surface area contributed by atoms with Crippen LogP contribution in [0.5, 0.6) is 5.75 Å². The third-order valence-electron chi connectivity index (χ3n) is 5.23. The van der Waals surface area contributed by atoms with Crippen LogP contribution in [-0.2, 0) is 4.74 Å². The zero-order chi connectivity index (χ0) is 22.7. The van der Waals surface area contributed by atoms with Gasteiger partial charge in [0.1, 0.15) is 5.75 Å². The van der Waals surface area contributed by atoms with Gasteiger partial charge in [-0.05, 0) is 43.3 Å². The van der Waals surface area contributed by atoms with Crippen molar-refractivity contribution in [1.82, 2.24) is 14.8 Å². The largest absolute Gasteiger partial charge is 0.497 e. The van der Waals surface area contributed by atoms with E-state index in [2.05, 4.69) is 10.2 Å². The van der Waals surface area contributed by atoms with Gasteiger partial charge in [0, 0.05) is 17.7 Å². The lowest BCUT2D eigenvalue weighted by molar-refractivity contribution is -0.384. The fourth-order valence-electron chi connectivity index (χ4n) is 3.56. The number of nitrogens with zero attached hydrogens (tertiary/aromatic N) is 4. The van der Waals surface area contributed by atoms with Gasteiger partial charge in [0.25, 0.3) is 11.2 Å². The van der Waals surface area contributed by atoms with Gasteiger partial charge in [0.2, 0.25) is 0 Å². The Labute approximate surface area is 183 Å². The number of ether oxygens (including phenoxy) is 2. The molecular formula is C22H23N5O5. The maximum Gasteiger partial charge on any atom is 0.281 e. The number of hydrogen-bond donors (Lipinski definition) is 1. The molecule has 2 aromatic carbocycles. The van der Waals surface area contributed by atoms with E-state index in [9.17, 15) is 14.9 Å². The number of nitro benzene ring substituents is 1. The first-order valence-electron chi connectivity index (χ1n) is 10.1. The number of hydrazone groups is 1. The number of nitrogens with one attached hydrogen (secondary N) is 1. The highest BCUT2D eigenvalue weighted by Crippen LogP contribution is 2.25. The van der Waals surface area contributed by atoms with Crippen molar-refractivity contribution in [2.45, 2.75) is 6.92 Å². The Morgan fingerprint density at radius 3 is 2.38 bits per heavy atom. The van der Waals surface area contributed by atoms with E-state index < -0.39 is 4.92 Å². The van der Waals surface area contributed by atoms with E-state index in [-0.39, 0.29) is 11.2 Å². The summed E-state index contributed by atoms with van der Waals surface area (Å²) >= 11 is 0. The molecule has 0 unspecified atom stereocenters. The van der Waals surface area contributed by atoms with Gasteiger partial charge in [0.05, 0.1) is 61.0 Å². The summed E-state index contributed by atoms with van der Waals surface area (Å²) in [6.45, 7) is 4.27. The SMILES string of the molecule is COc1ccc(-c2[nH]n(-c3ccc([N+](=O)[O-])cc3)c(=O)c2C(C)=NN2CCOCC2)cc1. The number of non-ortho nitro benzene ring substituents is 1. The molecule has 0 radical (unpaired) electrons. The third kappa shape index (κ3) is 4.26. The molecule has 2 heterocycles. The van der Waals surface area contributed by atoms with Crippen LogP contribution in [0.15, 0.2) is 58.4 Å². The summed E-state index contributed by atoms with van der Waals surface area (Å²) in [7, 11) is 1.59. The summed E-state index contributed by atoms with van der Waals surface area (Å²) < 4.78 is 12.0. The van der Waals surface area contributed by atoms with E-state index in [1.807, 2.05) is 29.3 Å². The molecule has 3 aromatic rings. The highest BCUT2D eigenvalue weighted by atomic mass is 16.6. The van der Waals surface area contributed by atoms with Gasteiger partial charge >= 0.3 is 0 Å². The fourth-order valence-corrected chi connectivity index (χ4v) is 3.56. The van der Waals surface area contributed by atoms with Crippen molar-refractivity contribution in [2.75, 3.05) is 33.4 Å². The normalized spacial score (nSPS) is 14.4. The standard InChI is InChI=1S/C22H23N5O5/c1-15(23-25-11-13-32-14-12-25)20-21(16-3-9-19(31-2)10-4-16)24-26(22(20)28)17-5-7-18(8-6-17)27(29)30/h3-10,24H,11-14H2,1-2H3. The molecule has 1 saturated heterocycles. The van der Waals surface area contributed by atoms with Crippen LogP contribution in [0.3, 0.4) is 0 Å². The molecule has 0 spiro atoms. The Kier molecular flexibility index (Phi) is 6.04. The Balaban J connectivity index is 1.82. The smallest absolute Gasteiger partial charge is 0.281 e. The van der Waals surface area contributed by atoms with E-state index in [1.54, 1.807) is 14.0 Å². The van der Waals surface area contributed by atoms with Crippen molar-refractivity contribution >= 4 is 11.4 Å². The van der Waals surface area contributed by atoms with Crippen LogP contribution >= 0.6 is 0 Å². The second-order valence-electron chi connectivity index (χ2n) is 7.26. The molecule has 0 atom stereocenters. The van der Waals surface area contributed by atoms with Gasteiger partial charge in [-0.1, -0.05) is 0 Å². The summed E-state index contributed by atoms with van der Waals surface area (Å²) in [6.07, 6.45) is 0. The topological polar surface area (TPSA) is 115 Å². The second-order valence-corrected chi connectivity index (χ2v) is 7.26. The van der Waals surface area contributed by atoms with E-state index in [4.69, 9.17) is 9.47 Å². The summed E-state index contributed by atoms with van der Waals surface area (Å²) in [6, 6.07) is 13.1. The highest BCUT2D eigenvalue weighted by molar-refractivity contribution is 6.03. The number of methoxy groups -OCH3 is 1. The van der Waals surface area contributed by atoms with Crippen LogP contribution < -0.4 is 10.3 Å². The van der Waals surface area contributed by atoms with E-state index >= 15 is 0 Å². The molecule has 166 valence electrons. The molecule has 32 heavy (non-hydrogen) atoms. The van der Waals surface area contributed by atoms with E-state index in [1.165, 1.54) is 28.9 Å². The van der Waals surface area contributed by atoms with Crippen LogP contribution in [-0.4, -0.2) is 58.8 Å². The lowest BCUT2D eigenvalue weighted by atomic mass is 10.1. The summed E-state index contributed by atoms with van der Waals surface area (Å²) in [5, 5.41) is 20.7. The van der Waals surface area contributed by atoms with Gasteiger partial charge in [-0.2, -0.15) is 5.10 Å². The van der Waals surface area contributed by atoms with Gasteiger partial charge in [0.15, 0.2) is 0 Å². The van der Waals surface area contributed by atoms with Crippen LogP contribution in [0.1, 0.15) is 12.5 Å². The first-order chi connectivity index (χ1) is 15.5. The molecule has 0 saturated carbocycles. The Hall–Kier alpha value is -3.92. The minimum absolute atomic E-state index is 0.0472. The number of hydrogen-bond acceptors (Lipinski definition) is 7. The number of morpholine rings is 1. The zero-order valence-corrected chi connectivity index (χ0v) is 17.8. The number of rotatable bonds is 6. The lowest BCUT2D eigenvalue weighted by Gasteiger charge is -2.24. The fraction of sp³-hybridized carbons (Fsp3) is 0.273. The van der Waals surface area contributed by atoms with Gasteiger partial charge in [-0.3, -0.25) is 25.0 Å². The number of H-pyrrole nitrogens is 1. The molecule has 1 aromatic heterocycles. The Morgan fingerprint density at radius 2 is 1.78 bits per heavy atom. The Morgan fingerprint density at radius 1 is 1.12 bits per heavy atom. The minimum Gasteiger partial charge on any atom is -0.497 e. The van der Waals surface area contributed by atoms with E-state index in [0.717, 1.165) is 5.56 Å². The van der Waals surface area contributed by atoms with Crippen LogP contribution in [0.4, 0.5) is 5.69 Å². The van der Waals surface area contributed by atoms with Crippen molar-refractivity contribution in [3.8, 4) is 22.7 Å². The van der Waals surface area contributed by atoms with Crippen molar-refractivity contribution in [2.24, 2.45) is 5.10 Å². The van der Waals surface area contributed by atoms with Crippen molar-refractivity contribution in [3.63, 3.8) is 0 Å². The molecule has 0 aliphatic carbocycles. The first-order valence-corrected chi connectivity index (χ1v) is 10.1. The predicted molar refractivity (Wildman–Crippen MR) is 120 cm³/mol. The molecular weight excluding hydrogens is 414 g/mol. The minimum atomic E-state index is -0.478. The summed E-state index contributed by atoms with van der Waals surface area (Å²) in [4.78, 5) is 23.9. The van der Waals surface area contributed by atoms with Gasteiger partial charge in [-0.25, -0.2) is 4.68 Å². The molecule has 1 fully saturated rings. The quantitative estimate of drug-likeness (QED) is 0.360. The molecule has 0 bridgehead atoms. The van der Waals surface area contributed by atoms with Crippen LogP contribution in [0.25, 0.3) is 16.9 Å². The maximum absolute atomic E-state index is 13.4. The number of nitro groups is 1. The number of benzene rings is 2. The molecule has 4 rings (SSSR count). The average Bonchev–Trinajstić information content (AvgIpc) is 3.17. The monoisotopic (exact) mass is 437 g/mol. The molecule has 0 amide bonds. The van der Waals surface area contributed by atoms with Gasteiger partial charge < -0.3 is 9.47 Å². The van der Waals surface area contributed by atoms with Crippen LogP contribution in [0.2, 0.25) is 0 Å². The lowest BCUT2D eigenvalue weighted by Crippen LogP contribution is -2.33. The molecule has 1 aliphatic heterocycles. The average molecular weight is 437 g/mol. The molecule has 10 heteroatoms. The van der Waals surface area contributed by atoms with E-state index in [0.29, 0.717) is 54.7 Å². The molecule has 1 N–H and O–H groups in total. The van der Waals surface area contributed by atoms with Crippen LogP contribution in [0, 0.1) is 10.1 Å².